The highest BCUT2D eigenvalue weighted by atomic mass is 32.2. The summed E-state index contributed by atoms with van der Waals surface area (Å²) < 4.78 is 26.1. The monoisotopic (exact) mass is 396 g/mol. The minimum atomic E-state index is -3.58. The van der Waals surface area contributed by atoms with E-state index in [-0.39, 0.29) is 16.2 Å². The van der Waals surface area contributed by atoms with Crippen LogP contribution in [-0.2, 0) is 14.8 Å². The molecule has 1 aliphatic carbocycles. The van der Waals surface area contributed by atoms with Crippen molar-refractivity contribution in [3.63, 3.8) is 0 Å². The lowest BCUT2D eigenvalue weighted by atomic mass is 9.71. The van der Waals surface area contributed by atoms with Crippen LogP contribution in [-0.4, -0.2) is 53.4 Å². The van der Waals surface area contributed by atoms with Gasteiger partial charge in [-0.2, -0.15) is 0 Å². The van der Waals surface area contributed by atoms with E-state index in [4.69, 9.17) is 5.73 Å². The van der Waals surface area contributed by atoms with Crippen molar-refractivity contribution in [2.75, 3.05) is 45.0 Å². The van der Waals surface area contributed by atoms with Crippen LogP contribution < -0.4 is 16.0 Å². The minimum Gasteiger partial charge on any atom is -0.376 e. The third-order valence-electron chi connectivity index (χ3n) is 5.39. The third-order valence-corrected chi connectivity index (χ3v) is 7.20. The predicted octanol–water partition coefficient (Wildman–Crippen LogP) is 2.24. The smallest absolute Gasteiger partial charge is 0.242 e. The Labute approximate surface area is 163 Å². The van der Waals surface area contributed by atoms with Crippen LogP contribution in [0.3, 0.4) is 0 Å². The number of anilines is 2. The van der Waals surface area contributed by atoms with E-state index in [2.05, 4.69) is 5.32 Å². The highest BCUT2D eigenvalue weighted by molar-refractivity contribution is 7.89. The Morgan fingerprint density at radius 1 is 1.15 bits per heavy atom. The molecule has 1 amide bonds. The van der Waals surface area contributed by atoms with Crippen molar-refractivity contribution < 1.29 is 13.2 Å². The number of hydrogen-bond acceptors (Lipinski definition) is 5. The second kappa shape index (κ2) is 8.58. The van der Waals surface area contributed by atoms with Crippen LogP contribution in [0.2, 0.25) is 0 Å². The molecular formula is C19H32N4O3S. The van der Waals surface area contributed by atoms with Gasteiger partial charge in [0.25, 0.3) is 0 Å². The number of rotatable bonds is 7. The van der Waals surface area contributed by atoms with E-state index in [1.165, 1.54) is 26.6 Å². The molecule has 152 valence electrons. The summed E-state index contributed by atoms with van der Waals surface area (Å²) in [4.78, 5) is 14.8. The van der Waals surface area contributed by atoms with Crippen molar-refractivity contribution in [2.24, 2.45) is 11.1 Å². The number of sulfonamides is 1. The van der Waals surface area contributed by atoms with E-state index in [1.807, 2.05) is 19.0 Å². The SMILES string of the molecule is CN(C)c1ccc(S(=O)(=O)N(C)C)cc1NC(=O)CC1(CN)CCCCC1. The average molecular weight is 397 g/mol. The number of carbonyl (C=O) groups excluding carboxylic acids is 1. The minimum absolute atomic E-state index is 0.121. The van der Waals surface area contributed by atoms with Gasteiger partial charge in [0.1, 0.15) is 0 Å². The lowest BCUT2D eigenvalue weighted by Gasteiger charge is -2.35. The van der Waals surface area contributed by atoms with Crippen LogP contribution in [0.15, 0.2) is 23.1 Å². The molecule has 0 radical (unpaired) electrons. The van der Waals surface area contributed by atoms with Crippen LogP contribution in [0.5, 0.6) is 0 Å². The average Bonchev–Trinajstić information content (AvgIpc) is 2.61. The first-order valence-corrected chi connectivity index (χ1v) is 10.8. The molecule has 0 aromatic heterocycles. The molecule has 0 bridgehead atoms. The molecule has 3 N–H and O–H groups in total. The molecule has 7 nitrogen and oxygen atoms in total. The summed E-state index contributed by atoms with van der Waals surface area (Å²) in [6.07, 6.45) is 5.69. The van der Waals surface area contributed by atoms with E-state index in [1.54, 1.807) is 12.1 Å². The fourth-order valence-electron chi connectivity index (χ4n) is 3.67. The van der Waals surface area contributed by atoms with Gasteiger partial charge >= 0.3 is 0 Å². The summed E-state index contributed by atoms with van der Waals surface area (Å²) >= 11 is 0. The molecular weight excluding hydrogens is 364 g/mol. The summed E-state index contributed by atoms with van der Waals surface area (Å²) in [6, 6.07) is 4.80. The Bertz CT molecular complexity index is 769. The Kier molecular flexibility index (Phi) is 6.88. The highest BCUT2D eigenvalue weighted by Crippen LogP contribution is 2.39. The molecule has 8 heteroatoms. The first-order valence-electron chi connectivity index (χ1n) is 9.35. The molecule has 1 aromatic rings. The summed E-state index contributed by atoms with van der Waals surface area (Å²) in [5.74, 6) is -0.121. The van der Waals surface area contributed by atoms with Crippen LogP contribution in [0.4, 0.5) is 11.4 Å². The number of nitrogens with zero attached hydrogens (tertiary/aromatic N) is 2. The summed E-state index contributed by atoms with van der Waals surface area (Å²) in [7, 11) is 3.11. The number of nitrogens with two attached hydrogens (primary N) is 1. The number of carbonyl (C=O) groups is 1. The van der Waals surface area contributed by atoms with Gasteiger partial charge in [-0.05, 0) is 43.0 Å². The zero-order valence-electron chi connectivity index (χ0n) is 16.8. The summed E-state index contributed by atoms with van der Waals surface area (Å²) in [5.41, 5.74) is 7.11. The molecule has 0 saturated heterocycles. The standard InChI is InChI=1S/C19H32N4O3S/c1-22(2)17-9-8-15(27(25,26)23(3)4)12-16(17)21-18(24)13-19(14-20)10-6-5-7-11-19/h8-9,12H,5-7,10-11,13-14,20H2,1-4H3,(H,21,24). The molecule has 0 unspecified atom stereocenters. The molecule has 1 aliphatic rings. The van der Waals surface area contributed by atoms with Crippen molar-refractivity contribution in [3.05, 3.63) is 18.2 Å². The van der Waals surface area contributed by atoms with Crippen LogP contribution in [0.25, 0.3) is 0 Å². The topological polar surface area (TPSA) is 95.7 Å². The van der Waals surface area contributed by atoms with Crippen molar-refractivity contribution >= 4 is 27.3 Å². The maximum atomic E-state index is 12.8. The third kappa shape index (κ3) is 5.00. The Hall–Kier alpha value is -1.64. The molecule has 1 saturated carbocycles. The van der Waals surface area contributed by atoms with Gasteiger partial charge in [0.2, 0.25) is 15.9 Å². The Morgan fingerprint density at radius 2 is 1.78 bits per heavy atom. The number of benzene rings is 1. The predicted molar refractivity (Wildman–Crippen MR) is 109 cm³/mol. The van der Waals surface area contributed by atoms with Gasteiger partial charge in [0.15, 0.2) is 0 Å². The van der Waals surface area contributed by atoms with Crippen LogP contribution >= 0.6 is 0 Å². The fraction of sp³-hybridized carbons (Fsp3) is 0.632. The largest absolute Gasteiger partial charge is 0.376 e. The van der Waals surface area contributed by atoms with Crippen molar-refractivity contribution in [3.8, 4) is 0 Å². The van der Waals surface area contributed by atoms with Crippen molar-refractivity contribution in [2.45, 2.75) is 43.4 Å². The number of nitrogens with one attached hydrogen (secondary N) is 1. The molecule has 0 aliphatic heterocycles. The molecule has 1 fully saturated rings. The molecule has 0 heterocycles. The van der Waals surface area contributed by atoms with E-state index in [0.717, 1.165) is 35.7 Å². The number of hydrogen-bond donors (Lipinski definition) is 2. The Morgan fingerprint density at radius 3 is 2.30 bits per heavy atom. The normalized spacial score (nSPS) is 17.0. The van der Waals surface area contributed by atoms with Gasteiger partial charge in [-0.3, -0.25) is 4.79 Å². The van der Waals surface area contributed by atoms with Crippen molar-refractivity contribution in [1.29, 1.82) is 0 Å². The van der Waals surface area contributed by atoms with E-state index in [0.29, 0.717) is 18.7 Å². The summed E-state index contributed by atoms with van der Waals surface area (Å²) in [6.45, 7) is 0.496. The lowest BCUT2D eigenvalue weighted by molar-refractivity contribution is -0.118. The van der Waals surface area contributed by atoms with Gasteiger partial charge in [-0.25, -0.2) is 12.7 Å². The van der Waals surface area contributed by atoms with Gasteiger partial charge < -0.3 is 16.0 Å². The molecule has 0 atom stereocenters. The van der Waals surface area contributed by atoms with Crippen LogP contribution in [0, 0.1) is 5.41 Å². The molecule has 2 rings (SSSR count). The quantitative estimate of drug-likeness (QED) is 0.737. The number of amides is 1. The molecule has 1 aromatic carbocycles. The van der Waals surface area contributed by atoms with Gasteiger partial charge in [-0.15, -0.1) is 0 Å². The zero-order valence-corrected chi connectivity index (χ0v) is 17.6. The lowest BCUT2D eigenvalue weighted by Crippen LogP contribution is -2.36. The van der Waals surface area contributed by atoms with Gasteiger partial charge in [-0.1, -0.05) is 19.3 Å². The Balaban J connectivity index is 2.28. The second-order valence-corrected chi connectivity index (χ2v) is 10.0. The maximum absolute atomic E-state index is 12.8. The molecule has 27 heavy (non-hydrogen) atoms. The fourth-order valence-corrected chi connectivity index (χ4v) is 4.59. The zero-order chi connectivity index (χ0) is 20.2. The maximum Gasteiger partial charge on any atom is 0.242 e. The van der Waals surface area contributed by atoms with E-state index >= 15 is 0 Å². The molecule has 0 spiro atoms. The summed E-state index contributed by atoms with van der Waals surface area (Å²) in [5, 5.41) is 2.93. The first kappa shape index (κ1) is 21.7. The second-order valence-electron chi connectivity index (χ2n) is 7.85. The van der Waals surface area contributed by atoms with Gasteiger partial charge in [0, 0.05) is 34.6 Å². The van der Waals surface area contributed by atoms with E-state index in [9.17, 15) is 13.2 Å². The van der Waals surface area contributed by atoms with Gasteiger partial charge in [0.05, 0.1) is 16.3 Å². The van der Waals surface area contributed by atoms with Crippen LogP contribution in [0.1, 0.15) is 38.5 Å². The van der Waals surface area contributed by atoms with Crippen molar-refractivity contribution in [1.82, 2.24) is 4.31 Å². The van der Waals surface area contributed by atoms with E-state index < -0.39 is 10.0 Å². The first-order chi connectivity index (χ1) is 12.6. The highest BCUT2D eigenvalue weighted by Gasteiger charge is 2.33.